The summed E-state index contributed by atoms with van der Waals surface area (Å²) in [6.45, 7) is 0. The fourth-order valence-corrected chi connectivity index (χ4v) is 2.30. The van der Waals surface area contributed by atoms with Crippen molar-refractivity contribution in [1.29, 1.82) is 0 Å². The number of carboxylic acids is 2. The highest BCUT2D eigenvalue weighted by Crippen LogP contribution is 2.33. The predicted molar refractivity (Wildman–Crippen MR) is 67.9 cm³/mol. The van der Waals surface area contributed by atoms with Crippen molar-refractivity contribution in [3.8, 4) is 0 Å². The number of hydrogen-bond acceptors (Lipinski definition) is 2. The van der Waals surface area contributed by atoms with E-state index in [0.717, 1.165) is 0 Å². The molecule has 0 heterocycles. The fraction of sp³-hybridized carbons (Fsp3) is 0. The average molecular weight is 285 g/mol. The van der Waals surface area contributed by atoms with Crippen LogP contribution >= 0.6 is 23.2 Å². The lowest BCUT2D eigenvalue weighted by Crippen LogP contribution is -2.09. The van der Waals surface area contributed by atoms with Gasteiger partial charge in [0.05, 0.1) is 16.1 Å². The van der Waals surface area contributed by atoms with Crippen LogP contribution < -0.4 is 0 Å². The minimum atomic E-state index is -1.39. The Balaban J connectivity index is 3.04. The van der Waals surface area contributed by atoms with Gasteiger partial charge in [-0.1, -0.05) is 35.3 Å². The van der Waals surface area contributed by atoms with Crippen LogP contribution in [0.3, 0.4) is 0 Å². The van der Waals surface area contributed by atoms with Gasteiger partial charge in [0.1, 0.15) is 0 Å². The second kappa shape index (κ2) is 4.48. The number of aromatic carboxylic acids is 2. The zero-order chi connectivity index (χ0) is 13.4. The minimum Gasteiger partial charge on any atom is -0.478 e. The van der Waals surface area contributed by atoms with Crippen molar-refractivity contribution in [3.05, 3.63) is 45.4 Å². The highest BCUT2D eigenvalue weighted by atomic mass is 35.5. The average Bonchev–Trinajstić information content (AvgIpc) is 2.28. The second-order valence-corrected chi connectivity index (χ2v) is 4.37. The molecule has 2 rings (SSSR count). The van der Waals surface area contributed by atoms with Crippen molar-refractivity contribution >= 4 is 45.9 Å². The van der Waals surface area contributed by atoms with Crippen LogP contribution in [0.25, 0.3) is 10.8 Å². The van der Waals surface area contributed by atoms with Crippen LogP contribution in [0.15, 0.2) is 24.3 Å². The summed E-state index contributed by atoms with van der Waals surface area (Å²) in [6.07, 6.45) is 0. The Hall–Kier alpha value is -1.78. The zero-order valence-electron chi connectivity index (χ0n) is 8.78. The number of carboxylic acid groups (broad SMARTS) is 2. The van der Waals surface area contributed by atoms with E-state index in [4.69, 9.17) is 33.4 Å². The van der Waals surface area contributed by atoms with Crippen molar-refractivity contribution in [3.63, 3.8) is 0 Å². The minimum absolute atomic E-state index is 0.152. The monoisotopic (exact) mass is 284 g/mol. The molecule has 6 heteroatoms. The summed E-state index contributed by atoms with van der Waals surface area (Å²) in [5, 5.41) is 19.0. The molecule has 0 bridgehead atoms. The first-order valence-electron chi connectivity index (χ1n) is 4.80. The van der Waals surface area contributed by atoms with Crippen molar-refractivity contribution in [1.82, 2.24) is 0 Å². The highest BCUT2D eigenvalue weighted by Gasteiger charge is 2.23. The van der Waals surface area contributed by atoms with Gasteiger partial charge in [-0.2, -0.15) is 0 Å². The van der Waals surface area contributed by atoms with Gasteiger partial charge in [-0.25, -0.2) is 9.59 Å². The predicted octanol–water partition coefficient (Wildman–Crippen LogP) is 3.54. The SMILES string of the molecule is O=C(O)c1c(Cl)cc2c(Cl)cccc2c1C(=O)O. The normalized spacial score (nSPS) is 10.6. The summed E-state index contributed by atoms with van der Waals surface area (Å²) >= 11 is 11.8. The first kappa shape index (κ1) is 12.7. The Labute approximate surface area is 111 Å². The summed E-state index contributed by atoms with van der Waals surface area (Å²) in [7, 11) is 0. The quantitative estimate of drug-likeness (QED) is 0.884. The summed E-state index contributed by atoms with van der Waals surface area (Å²) in [4.78, 5) is 22.3. The zero-order valence-corrected chi connectivity index (χ0v) is 10.3. The molecular weight excluding hydrogens is 279 g/mol. The highest BCUT2D eigenvalue weighted by molar-refractivity contribution is 6.39. The Bertz CT molecular complexity index is 679. The van der Waals surface area contributed by atoms with Crippen molar-refractivity contribution in [2.75, 3.05) is 0 Å². The molecule has 0 saturated heterocycles. The van der Waals surface area contributed by atoms with Gasteiger partial charge in [-0.3, -0.25) is 0 Å². The number of halogens is 2. The number of hydrogen-bond donors (Lipinski definition) is 2. The van der Waals surface area contributed by atoms with Crippen molar-refractivity contribution in [2.45, 2.75) is 0 Å². The summed E-state index contributed by atoms with van der Waals surface area (Å²) < 4.78 is 0. The number of benzene rings is 2. The molecule has 2 aromatic rings. The topological polar surface area (TPSA) is 74.6 Å². The van der Waals surface area contributed by atoms with E-state index in [2.05, 4.69) is 0 Å². The van der Waals surface area contributed by atoms with Gasteiger partial charge in [-0.15, -0.1) is 0 Å². The molecule has 0 amide bonds. The van der Waals surface area contributed by atoms with E-state index in [0.29, 0.717) is 10.4 Å². The van der Waals surface area contributed by atoms with Crippen molar-refractivity contribution in [2.24, 2.45) is 0 Å². The van der Waals surface area contributed by atoms with Crippen LogP contribution in [0.2, 0.25) is 10.0 Å². The third kappa shape index (κ3) is 1.89. The lowest BCUT2D eigenvalue weighted by Gasteiger charge is -2.09. The number of carbonyl (C=O) groups is 2. The Kier molecular flexibility index (Phi) is 3.15. The molecule has 0 saturated carbocycles. The molecule has 0 aliphatic carbocycles. The van der Waals surface area contributed by atoms with Crippen molar-refractivity contribution < 1.29 is 19.8 Å². The van der Waals surface area contributed by atoms with E-state index >= 15 is 0 Å². The number of fused-ring (bicyclic) bond motifs is 1. The maximum absolute atomic E-state index is 11.2. The first-order valence-corrected chi connectivity index (χ1v) is 5.56. The van der Waals surface area contributed by atoms with E-state index in [9.17, 15) is 9.59 Å². The standard InChI is InChI=1S/C12H6Cl2O4/c13-7-3-1-2-5-6(7)4-8(14)10(12(17)18)9(5)11(15)16/h1-4H,(H,15,16)(H,17,18). The molecule has 0 atom stereocenters. The molecule has 0 radical (unpaired) electrons. The Morgan fingerprint density at radius 2 is 1.50 bits per heavy atom. The first-order chi connectivity index (χ1) is 8.43. The molecule has 92 valence electrons. The van der Waals surface area contributed by atoms with Crippen LogP contribution in [0.5, 0.6) is 0 Å². The number of rotatable bonds is 2. The smallest absolute Gasteiger partial charge is 0.338 e. The Morgan fingerprint density at radius 3 is 2.06 bits per heavy atom. The van der Waals surface area contributed by atoms with Gasteiger partial charge in [0.25, 0.3) is 0 Å². The summed E-state index contributed by atoms with van der Waals surface area (Å²) in [5.41, 5.74) is -0.786. The Morgan fingerprint density at radius 1 is 0.889 bits per heavy atom. The third-order valence-electron chi connectivity index (χ3n) is 2.51. The maximum Gasteiger partial charge on any atom is 0.338 e. The van der Waals surface area contributed by atoms with Gasteiger partial charge >= 0.3 is 11.9 Å². The largest absolute Gasteiger partial charge is 0.478 e. The summed E-state index contributed by atoms with van der Waals surface area (Å²) in [5.74, 6) is -2.75. The van der Waals surface area contributed by atoms with Crippen LogP contribution in [-0.2, 0) is 0 Å². The van der Waals surface area contributed by atoms with E-state index in [-0.39, 0.29) is 16.0 Å². The van der Waals surface area contributed by atoms with Crippen LogP contribution in [0, 0.1) is 0 Å². The molecule has 2 N–H and O–H groups in total. The lowest BCUT2D eigenvalue weighted by atomic mass is 9.99. The maximum atomic E-state index is 11.2. The van der Waals surface area contributed by atoms with Gasteiger partial charge < -0.3 is 10.2 Å². The molecule has 2 aromatic carbocycles. The van der Waals surface area contributed by atoms with E-state index in [1.807, 2.05) is 0 Å². The molecule has 0 aliphatic heterocycles. The van der Waals surface area contributed by atoms with E-state index in [1.165, 1.54) is 12.1 Å². The van der Waals surface area contributed by atoms with Gasteiger partial charge in [0.2, 0.25) is 0 Å². The molecule has 0 unspecified atom stereocenters. The van der Waals surface area contributed by atoms with Crippen LogP contribution in [0.1, 0.15) is 20.7 Å². The molecular formula is C12H6Cl2O4. The lowest BCUT2D eigenvalue weighted by molar-refractivity contribution is 0.0653. The van der Waals surface area contributed by atoms with Gasteiger partial charge in [0, 0.05) is 10.4 Å². The van der Waals surface area contributed by atoms with Gasteiger partial charge in [0.15, 0.2) is 0 Å². The fourth-order valence-electron chi connectivity index (χ4n) is 1.79. The summed E-state index contributed by atoms with van der Waals surface area (Å²) in [6, 6.07) is 5.98. The molecule has 18 heavy (non-hydrogen) atoms. The van der Waals surface area contributed by atoms with E-state index < -0.39 is 17.5 Å². The van der Waals surface area contributed by atoms with Gasteiger partial charge in [-0.05, 0) is 17.5 Å². The molecule has 0 aliphatic rings. The van der Waals surface area contributed by atoms with Crippen LogP contribution in [0.4, 0.5) is 0 Å². The molecule has 4 nitrogen and oxygen atoms in total. The molecule has 0 aromatic heterocycles. The van der Waals surface area contributed by atoms with E-state index in [1.54, 1.807) is 12.1 Å². The third-order valence-corrected chi connectivity index (χ3v) is 3.14. The van der Waals surface area contributed by atoms with Crippen LogP contribution in [-0.4, -0.2) is 22.2 Å². The molecule has 0 spiro atoms. The molecule has 0 fully saturated rings. The second-order valence-electron chi connectivity index (χ2n) is 3.55.